The molecule has 0 N–H and O–H groups in total. The fourth-order valence-corrected chi connectivity index (χ4v) is 4.24. The standard InChI is InChI=1S/C19H21N/c1-3-7-16(8-4-1)13-20-14-17-11-19(12-17,15-20)18-9-5-2-6-10-18/h1-10,17H,11-15H2. The largest absolute Gasteiger partial charge is 0.298 e. The van der Waals surface area contributed by atoms with E-state index in [-0.39, 0.29) is 0 Å². The molecule has 1 saturated carbocycles. The van der Waals surface area contributed by atoms with Gasteiger partial charge in [-0.1, -0.05) is 60.7 Å². The Labute approximate surface area is 121 Å². The summed E-state index contributed by atoms with van der Waals surface area (Å²) in [5.74, 6) is 0.910. The van der Waals surface area contributed by atoms with Crippen molar-refractivity contribution in [2.45, 2.75) is 24.8 Å². The fourth-order valence-electron chi connectivity index (χ4n) is 4.24. The Hall–Kier alpha value is -1.60. The third-order valence-corrected chi connectivity index (χ3v) is 5.04. The van der Waals surface area contributed by atoms with Crippen molar-refractivity contribution in [1.82, 2.24) is 4.90 Å². The number of hydrogen-bond donors (Lipinski definition) is 0. The van der Waals surface area contributed by atoms with Crippen molar-refractivity contribution in [2.75, 3.05) is 13.1 Å². The van der Waals surface area contributed by atoms with Crippen LogP contribution in [0.1, 0.15) is 24.0 Å². The van der Waals surface area contributed by atoms with E-state index in [9.17, 15) is 0 Å². The van der Waals surface area contributed by atoms with Gasteiger partial charge in [-0.3, -0.25) is 4.90 Å². The molecule has 1 nitrogen and oxygen atoms in total. The van der Waals surface area contributed by atoms with Gasteiger partial charge in [0, 0.05) is 25.0 Å². The minimum atomic E-state index is 0.443. The van der Waals surface area contributed by atoms with Gasteiger partial charge < -0.3 is 0 Å². The van der Waals surface area contributed by atoms with Gasteiger partial charge in [-0.05, 0) is 29.9 Å². The highest BCUT2D eigenvalue weighted by Gasteiger charge is 2.50. The topological polar surface area (TPSA) is 3.24 Å². The molecular weight excluding hydrogens is 242 g/mol. The molecule has 0 spiro atoms. The minimum absolute atomic E-state index is 0.443. The summed E-state index contributed by atoms with van der Waals surface area (Å²) in [5, 5.41) is 0. The molecule has 2 saturated heterocycles. The molecule has 5 rings (SSSR count). The zero-order chi connectivity index (χ0) is 13.4. The summed E-state index contributed by atoms with van der Waals surface area (Å²) >= 11 is 0. The summed E-state index contributed by atoms with van der Waals surface area (Å²) in [6, 6.07) is 22.0. The number of fused-ring (bicyclic) bond motifs is 2. The van der Waals surface area contributed by atoms with Crippen molar-refractivity contribution in [3.63, 3.8) is 0 Å². The number of hydrogen-bond acceptors (Lipinski definition) is 1. The van der Waals surface area contributed by atoms with Crippen LogP contribution < -0.4 is 0 Å². The lowest BCUT2D eigenvalue weighted by Crippen LogP contribution is -2.58. The van der Waals surface area contributed by atoms with Crippen molar-refractivity contribution in [3.8, 4) is 0 Å². The highest BCUT2D eigenvalue weighted by atomic mass is 15.2. The van der Waals surface area contributed by atoms with Crippen LogP contribution in [0.4, 0.5) is 0 Å². The van der Waals surface area contributed by atoms with Crippen LogP contribution in [-0.2, 0) is 12.0 Å². The molecule has 102 valence electrons. The van der Waals surface area contributed by atoms with Crippen molar-refractivity contribution in [3.05, 3.63) is 71.8 Å². The van der Waals surface area contributed by atoms with E-state index in [1.165, 1.54) is 31.5 Å². The third-order valence-electron chi connectivity index (χ3n) is 5.04. The van der Waals surface area contributed by atoms with Crippen molar-refractivity contribution in [1.29, 1.82) is 0 Å². The zero-order valence-corrected chi connectivity index (χ0v) is 11.8. The predicted octanol–water partition coefficient (Wildman–Crippen LogP) is 3.85. The molecule has 2 aliphatic heterocycles. The maximum Gasteiger partial charge on any atom is 0.0234 e. The lowest BCUT2D eigenvalue weighted by atomic mass is 9.56. The Balaban J connectivity index is 1.52. The van der Waals surface area contributed by atoms with Crippen molar-refractivity contribution >= 4 is 0 Å². The Kier molecular flexibility index (Phi) is 2.89. The van der Waals surface area contributed by atoms with Gasteiger partial charge in [0.2, 0.25) is 0 Å². The van der Waals surface area contributed by atoms with E-state index in [0.29, 0.717) is 5.41 Å². The summed E-state index contributed by atoms with van der Waals surface area (Å²) in [5.41, 5.74) is 3.44. The summed E-state index contributed by atoms with van der Waals surface area (Å²) in [4.78, 5) is 2.65. The molecule has 1 aliphatic carbocycles. The summed E-state index contributed by atoms with van der Waals surface area (Å²) < 4.78 is 0. The van der Waals surface area contributed by atoms with Crippen LogP contribution in [0.15, 0.2) is 60.7 Å². The van der Waals surface area contributed by atoms with Crippen LogP contribution in [0.3, 0.4) is 0 Å². The highest BCUT2D eigenvalue weighted by Crippen LogP contribution is 2.52. The van der Waals surface area contributed by atoms with Crippen LogP contribution >= 0.6 is 0 Å². The van der Waals surface area contributed by atoms with Crippen LogP contribution in [-0.4, -0.2) is 18.0 Å². The second-order valence-electron chi connectivity index (χ2n) is 6.58. The summed E-state index contributed by atoms with van der Waals surface area (Å²) in [6.07, 6.45) is 2.78. The molecule has 2 aromatic carbocycles. The predicted molar refractivity (Wildman–Crippen MR) is 82.6 cm³/mol. The van der Waals surface area contributed by atoms with Crippen LogP contribution in [0.25, 0.3) is 0 Å². The SMILES string of the molecule is c1ccc(CN2CC3CC(c4ccccc4)(C3)C2)cc1. The number of benzene rings is 2. The molecular formula is C19H21N. The van der Waals surface area contributed by atoms with E-state index < -0.39 is 0 Å². The van der Waals surface area contributed by atoms with Gasteiger partial charge in [-0.15, -0.1) is 0 Å². The van der Waals surface area contributed by atoms with Crippen molar-refractivity contribution < 1.29 is 0 Å². The highest BCUT2D eigenvalue weighted by molar-refractivity contribution is 5.31. The zero-order valence-electron chi connectivity index (χ0n) is 11.8. The number of nitrogens with zero attached hydrogens (tertiary/aromatic N) is 1. The molecule has 20 heavy (non-hydrogen) atoms. The van der Waals surface area contributed by atoms with Gasteiger partial charge in [-0.25, -0.2) is 0 Å². The van der Waals surface area contributed by atoms with E-state index in [4.69, 9.17) is 0 Å². The summed E-state index contributed by atoms with van der Waals surface area (Å²) in [7, 11) is 0. The minimum Gasteiger partial charge on any atom is -0.298 e. The summed E-state index contributed by atoms with van der Waals surface area (Å²) in [6.45, 7) is 3.61. The van der Waals surface area contributed by atoms with Gasteiger partial charge >= 0.3 is 0 Å². The second kappa shape index (κ2) is 4.75. The average molecular weight is 263 g/mol. The van der Waals surface area contributed by atoms with Crippen molar-refractivity contribution in [2.24, 2.45) is 5.92 Å². The van der Waals surface area contributed by atoms with E-state index in [1.54, 1.807) is 5.56 Å². The lowest BCUT2D eigenvalue weighted by Gasteiger charge is -2.57. The first-order valence-electron chi connectivity index (χ1n) is 7.66. The lowest BCUT2D eigenvalue weighted by molar-refractivity contribution is -0.00801. The Morgan fingerprint density at radius 3 is 2.25 bits per heavy atom. The quantitative estimate of drug-likeness (QED) is 0.813. The maximum absolute atomic E-state index is 2.65. The van der Waals surface area contributed by atoms with Crippen LogP contribution in [0.5, 0.6) is 0 Å². The fraction of sp³-hybridized carbons (Fsp3) is 0.368. The first-order chi connectivity index (χ1) is 9.84. The average Bonchev–Trinajstić information content (AvgIpc) is 2.48. The van der Waals surface area contributed by atoms with Gasteiger partial charge in [0.05, 0.1) is 0 Å². The van der Waals surface area contributed by atoms with E-state index in [0.717, 1.165) is 12.5 Å². The number of rotatable bonds is 3. The van der Waals surface area contributed by atoms with Crippen LogP contribution in [0, 0.1) is 5.92 Å². The van der Waals surface area contributed by atoms with E-state index >= 15 is 0 Å². The molecule has 3 fully saturated rings. The van der Waals surface area contributed by atoms with Gasteiger partial charge in [0.1, 0.15) is 0 Å². The molecule has 2 bridgehead atoms. The molecule has 0 amide bonds. The molecule has 1 heteroatoms. The maximum atomic E-state index is 2.65. The third kappa shape index (κ3) is 2.06. The van der Waals surface area contributed by atoms with Gasteiger partial charge in [0.15, 0.2) is 0 Å². The molecule has 2 aromatic rings. The van der Waals surface area contributed by atoms with E-state index in [1.807, 2.05) is 0 Å². The smallest absolute Gasteiger partial charge is 0.0234 e. The monoisotopic (exact) mass is 263 g/mol. The molecule has 0 aromatic heterocycles. The van der Waals surface area contributed by atoms with Gasteiger partial charge in [-0.2, -0.15) is 0 Å². The van der Waals surface area contributed by atoms with Crippen LogP contribution in [0.2, 0.25) is 0 Å². The Morgan fingerprint density at radius 1 is 0.900 bits per heavy atom. The molecule has 2 heterocycles. The Morgan fingerprint density at radius 2 is 1.55 bits per heavy atom. The van der Waals surface area contributed by atoms with E-state index in [2.05, 4.69) is 65.6 Å². The molecule has 3 aliphatic rings. The Bertz CT molecular complexity index is 569. The molecule has 0 atom stereocenters. The van der Waals surface area contributed by atoms with Gasteiger partial charge in [0.25, 0.3) is 0 Å². The molecule has 0 unspecified atom stereocenters. The molecule has 0 radical (unpaired) electrons. The normalized spacial score (nSPS) is 28.9. The second-order valence-corrected chi connectivity index (χ2v) is 6.58. The first-order valence-corrected chi connectivity index (χ1v) is 7.66. The first kappa shape index (κ1) is 12.2. The number of piperidine rings is 2.